The van der Waals surface area contributed by atoms with Crippen molar-refractivity contribution in [1.82, 2.24) is 0 Å². The summed E-state index contributed by atoms with van der Waals surface area (Å²) >= 11 is 0. The summed E-state index contributed by atoms with van der Waals surface area (Å²) in [5.74, 6) is 0.802. The van der Waals surface area contributed by atoms with E-state index < -0.39 is 11.2 Å². The van der Waals surface area contributed by atoms with Crippen molar-refractivity contribution in [3.8, 4) is 0 Å². The molecule has 0 aromatic carbocycles. The van der Waals surface area contributed by atoms with Crippen LogP contribution in [0.25, 0.3) is 0 Å². The van der Waals surface area contributed by atoms with Gasteiger partial charge in [-0.2, -0.15) is 0 Å². The molecule has 3 aliphatic carbocycles. The Morgan fingerprint density at radius 3 is 1.50 bits per heavy atom. The fraction of sp³-hybridized carbons (Fsp3) is 1.00. The van der Waals surface area contributed by atoms with Crippen molar-refractivity contribution in [1.29, 1.82) is 0 Å². The van der Waals surface area contributed by atoms with Crippen LogP contribution in [0, 0.1) is 11.8 Å². The highest BCUT2D eigenvalue weighted by atomic mass is 16.4. The monoisotopic (exact) mass is 224 g/mol. The summed E-state index contributed by atoms with van der Waals surface area (Å²) in [7, 11) is 0. The Morgan fingerprint density at radius 2 is 1.06 bits per heavy atom. The molecule has 3 aliphatic rings. The Labute approximate surface area is 98.1 Å². The van der Waals surface area contributed by atoms with E-state index in [0.717, 1.165) is 38.5 Å². The molecule has 3 rings (SSSR count). The summed E-state index contributed by atoms with van der Waals surface area (Å²) in [6, 6.07) is 0. The van der Waals surface area contributed by atoms with E-state index in [1.807, 2.05) is 0 Å². The van der Waals surface area contributed by atoms with Gasteiger partial charge in [0.05, 0.1) is 11.2 Å². The first kappa shape index (κ1) is 11.0. The van der Waals surface area contributed by atoms with Crippen LogP contribution >= 0.6 is 0 Å². The second kappa shape index (κ2) is 3.71. The summed E-state index contributed by atoms with van der Waals surface area (Å²) in [5.41, 5.74) is -1.45. The van der Waals surface area contributed by atoms with Crippen molar-refractivity contribution in [2.75, 3.05) is 0 Å². The molecule has 0 saturated heterocycles. The Balaban J connectivity index is 1.89. The number of fused-ring (bicyclic) bond motifs is 4. The predicted octanol–water partition coefficient (Wildman–Crippen LogP) is 2.62. The van der Waals surface area contributed by atoms with E-state index >= 15 is 0 Å². The summed E-state index contributed by atoms with van der Waals surface area (Å²) in [5, 5.41) is 21.7. The van der Waals surface area contributed by atoms with Gasteiger partial charge in [0.15, 0.2) is 0 Å². The molecule has 0 unspecified atom stereocenters. The van der Waals surface area contributed by atoms with Crippen LogP contribution in [0.1, 0.15) is 64.2 Å². The predicted molar refractivity (Wildman–Crippen MR) is 63.0 cm³/mol. The van der Waals surface area contributed by atoms with Gasteiger partial charge in [-0.25, -0.2) is 0 Å². The molecule has 0 spiro atoms. The van der Waals surface area contributed by atoms with Gasteiger partial charge in [-0.15, -0.1) is 0 Å². The fourth-order valence-electron chi connectivity index (χ4n) is 4.77. The zero-order valence-corrected chi connectivity index (χ0v) is 10.1. The molecule has 2 N–H and O–H groups in total. The lowest BCUT2D eigenvalue weighted by Crippen LogP contribution is -2.74. The van der Waals surface area contributed by atoms with Gasteiger partial charge in [-0.3, -0.25) is 0 Å². The first-order chi connectivity index (χ1) is 7.68. The number of aliphatic hydroxyl groups is 2. The van der Waals surface area contributed by atoms with E-state index in [1.54, 1.807) is 0 Å². The lowest BCUT2D eigenvalue weighted by atomic mass is 9.47. The lowest BCUT2D eigenvalue weighted by molar-refractivity contribution is -0.307. The van der Waals surface area contributed by atoms with E-state index in [9.17, 15) is 10.2 Å². The molecular formula is C14H24O2. The molecule has 0 amide bonds. The van der Waals surface area contributed by atoms with Gasteiger partial charge >= 0.3 is 0 Å². The maximum atomic E-state index is 10.8. The molecule has 16 heavy (non-hydrogen) atoms. The second-order valence-corrected chi connectivity index (χ2v) is 6.26. The number of hydrogen-bond acceptors (Lipinski definition) is 2. The van der Waals surface area contributed by atoms with E-state index in [2.05, 4.69) is 0 Å². The summed E-state index contributed by atoms with van der Waals surface area (Å²) in [6.07, 6.45) is 11.1. The molecule has 2 heteroatoms. The van der Waals surface area contributed by atoms with Crippen molar-refractivity contribution >= 4 is 0 Å². The lowest BCUT2D eigenvalue weighted by Gasteiger charge is -2.64. The second-order valence-electron chi connectivity index (χ2n) is 6.26. The molecule has 0 bridgehead atoms. The standard InChI is InChI=1S/C14H24O2/c15-13-9-5-1-3-7-11(13)12-8-4-2-6-10-14(12,13)16/h11-12,15-16H,1-10H2/t11-,12-,13-,14+/m1/s1. The molecule has 3 fully saturated rings. The Kier molecular flexibility index (Phi) is 2.56. The van der Waals surface area contributed by atoms with Crippen molar-refractivity contribution < 1.29 is 10.2 Å². The van der Waals surface area contributed by atoms with E-state index in [0.29, 0.717) is 11.8 Å². The number of rotatable bonds is 0. The molecule has 0 radical (unpaired) electrons. The largest absolute Gasteiger partial charge is 0.387 e. The van der Waals surface area contributed by atoms with Crippen LogP contribution in [-0.4, -0.2) is 21.4 Å². The highest BCUT2D eigenvalue weighted by Crippen LogP contribution is 2.62. The highest BCUT2D eigenvalue weighted by Gasteiger charge is 2.69. The molecule has 0 aliphatic heterocycles. The van der Waals surface area contributed by atoms with Crippen molar-refractivity contribution in [3.05, 3.63) is 0 Å². The molecular weight excluding hydrogens is 200 g/mol. The van der Waals surface area contributed by atoms with Crippen LogP contribution in [0.2, 0.25) is 0 Å². The van der Waals surface area contributed by atoms with Crippen LogP contribution in [0.5, 0.6) is 0 Å². The third-order valence-corrected chi connectivity index (χ3v) is 5.61. The Bertz CT molecular complexity index is 250. The van der Waals surface area contributed by atoms with Crippen LogP contribution < -0.4 is 0 Å². The highest BCUT2D eigenvalue weighted by molar-refractivity contribution is 5.20. The summed E-state index contributed by atoms with van der Waals surface area (Å²) in [4.78, 5) is 0. The third-order valence-electron chi connectivity index (χ3n) is 5.61. The average Bonchev–Trinajstić information content (AvgIpc) is 2.54. The zero-order chi connectivity index (χ0) is 11.2. The van der Waals surface area contributed by atoms with Gasteiger partial charge in [-0.05, 0) is 37.5 Å². The molecule has 0 heterocycles. The average molecular weight is 224 g/mol. The smallest absolute Gasteiger partial charge is 0.0967 e. The topological polar surface area (TPSA) is 40.5 Å². The maximum absolute atomic E-state index is 10.8. The molecule has 0 aromatic rings. The quantitative estimate of drug-likeness (QED) is 0.664. The first-order valence-corrected chi connectivity index (χ1v) is 7.13. The minimum atomic E-state index is -0.724. The minimum Gasteiger partial charge on any atom is -0.387 e. The van der Waals surface area contributed by atoms with Gasteiger partial charge in [0.25, 0.3) is 0 Å². The van der Waals surface area contributed by atoms with Crippen LogP contribution in [0.4, 0.5) is 0 Å². The van der Waals surface area contributed by atoms with Crippen LogP contribution in [-0.2, 0) is 0 Å². The summed E-state index contributed by atoms with van der Waals surface area (Å²) < 4.78 is 0. The molecule has 4 atom stereocenters. The van der Waals surface area contributed by atoms with Crippen molar-refractivity contribution in [3.63, 3.8) is 0 Å². The first-order valence-electron chi connectivity index (χ1n) is 7.13. The molecule has 0 aromatic heterocycles. The number of hydrogen-bond donors (Lipinski definition) is 2. The van der Waals surface area contributed by atoms with Gasteiger partial charge in [0.1, 0.15) is 0 Å². The van der Waals surface area contributed by atoms with E-state index in [1.165, 1.54) is 25.7 Å². The van der Waals surface area contributed by atoms with Crippen LogP contribution in [0.3, 0.4) is 0 Å². The minimum absolute atomic E-state index is 0.401. The van der Waals surface area contributed by atoms with E-state index in [4.69, 9.17) is 0 Å². The normalized spacial score (nSPS) is 52.9. The SMILES string of the molecule is O[C@]12CCCCC[C@@H]1[C@H]1CCCCC[C@]12O. The maximum Gasteiger partial charge on any atom is 0.0967 e. The van der Waals surface area contributed by atoms with Crippen molar-refractivity contribution in [2.24, 2.45) is 11.8 Å². The van der Waals surface area contributed by atoms with Gasteiger partial charge in [-0.1, -0.05) is 38.5 Å². The Morgan fingerprint density at radius 1 is 0.625 bits per heavy atom. The molecule has 92 valence electrons. The van der Waals surface area contributed by atoms with Gasteiger partial charge in [0, 0.05) is 0 Å². The summed E-state index contributed by atoms with van der Waals surface area (Å²) in [6.45, 7) is 0. The fourth-order valence-corrected chi connectivity index (χ4v) is 4.77. The Hall–Kier alpha value is -0.0800. The van der Waals surface area contributed by atoms with Gasteiger partial charge in [0.2, 0.25) is 0 Å². The van der Waals surface area contributed by atoms with Gasteiger partial charge < -0.3 is 10.2 Å². The molecule has 3 saturated carbocycles. The zero-order valence-electron chi connectivity index (χ0n) is 10.1. The van der Waals surface area contributed by atoms with Crippen LogP contribution in [0.15, 0.2) is 0 Å². The third kappa shape index (κ3) is 1.26. The van der Waals surface area contributed by atoms with Crippen molar-refractivity contribution in [2.45, 2.75) is 75.4 Å². The molecule has 2 nitrogen and oxygen atoms in total. The van der Waals surface area contributed by atoms with E-state index in [-0.39, 0.29) is 0 Å².